The molecule has 0 bridgehead atoms. The van der Waals surface area contributed by atoms with Crippen LogP contribution >= 0.6 is 0 Å². The molecule has 0 aromatic heterocycles. The zero-order valence-corrected chi connectivity index (χ0v) is 16.2. The molecular weight excluding hydrogens is 336 g/mol. The predicted octanol–water partition coefficient (Wildman–Crippen LogP) is 3.32. The Morgan fingerprint density at radius 1 is 1.16 bits per heavy atom. The van der Waals surface area contributed by atoms with Crippen molar-refractivity contribution in [2.75, 3.05) is 18.5 Å². The van der Waals surface area contributed by atoms with E-state index in [0.29, 0.717) is 29.3 Å². The molecule has 0 N–H and O–H groups in total. The molecule has 3 rings (SSSR count). The molecule has 0 spiro atoms. The van der Waals surface area contributed by atoms with Gasteiger partial charge in [0.25, 0.3) is 0 Å². The molecule has 0 radical (unpaired) electrons. The van der Waals surface area contributed by atoms with E-state index in [-0.39, 0.29) is 11.9 Å². The van der Waals surface area contributed by atoms with Gasteiger partial charge in [-0.1, -0.05) is 6.92 Å². The smallest absolute Gasteiger partial charge is 0.243 e. The first-order valence-electron chi connectivity index (χ1n) is 9.19. The van der Waals surface area contributed by atoms with E-state index >= 15 is 0 Å². The largest absolute Gasteiger partial charge is 0.312 e. The number of nitrogens with zero attached hydrogens (tertiary/aromatic N) is 2. The summed E-state index contributed by atoms with van der Waals surface area (Å²) in [5.41, 5.74) is 1.50. The standard InChI is InChI=1S/C19H28N2O3S/c1-14-6-8-16(9-7-14)20(3)25(23,24)18-11-10-17(13-15(18)2)21-12-4-5-19(21)22/h10-11,13-14,16H,4-9,12H2,1-3H3. The third-order valence-electron chi connectivity index (χ3n) is 5.70. The van der Waals surface area contributed by atoms with Crippen LogP contribution in [0.5, 0.6) is 0 Å². The first kappa shape index (κ1) is 18.4. The van der Waals surface area contributed by atoms with E-state index in [4.69, 9.17) is 0 Å². The van der Waals surface area contributed by atoms with Gasteiger partial charge in [0.1, 0.15) is 0 Å². The molecule has 1 amide bonds. The van der Waals surface area contributed by atoms with Crippen LogP contribution in [-0.2, 0) is 14.8 Å². The summed E-state index contributed by atoms with van der Waals surface area (Å²) in [6.07, 6.45) is 5.45. The van der Waals surface area contributed by atoms with E-state index in [1.807, 2.05) is 13.0 Å². The summed E-state index contributed by atoms with van der Waals surface area (Å²) in [7, 11) is -1.81. The Kier molecular flexibility index (Phi) is 5.21. The molecule has 1 aliphatic heterocycles. The maximum Gasteiger partial charge on any atom is 0.243 e. The third kappa shape index (κ3) is 3.60. The van der Waals surface area contributed by atoms with Crippen LogP contribution in [0.2, 0.25) is 0 Å². The monoisotopic (exact) mass is 364 g/mol. The highest BCUT2D eigenvalue weighted by atomic mass is 32.2. The Bertz CT molecular complexity index is 752. The molecule has 1 aromatic carbocycles. The van der Waals surface area contributed by atoms with Crippen LogP contribution in [0, 0.1) is 12.8 Å². The number of hydrogen-bond acceptors (Lipinski definition) is 3. The van der Waals surface area contributed by atoms with Crippen LogP contribution in [0.15, 0.2) is 23.1 Å². The van der Waals surface area contributed by atoms with Crippen molar-refractivity contribution < 1.29 is 13.2 Å². The van der Waals surface area contributed by atoms with Gasteiger partial charge in [-0.05, 0) is 68.7 Å². The molecule has 0 atom stereocenters. The SMILES string of the molecule is Cc1cc(N2CCCC2=O)ccc1S(=O)(=O)N(C)C1CCC(C)CC1. The molecule has 25 heavy (non-hydrogen) atoms. The molecule has 5 nitrogen and oxygen atoms in total. The van der Waals surface area contributed by atoms with Gasteiger partial charge in [-0.25, -0.2) is 8.42 Å². The first-order valence-corrected chi connectivity index (χ1v) is 10.6. The maximum absolute atomic E-state index is 13.1. The summed E-state index contributed by atoms with van der Waals surface area (Å²) in [6, 6.07) is 5.33. The molecule has 2 aliphatic rings. The number of benzene rings is 1. The van der Waals surface area contributed by atoms with Gasteiger partial charge in [0, 0.05) is 31.7 Å². The lowest BCUT2D eigenvalue weighted by molar-refractivity contribution is -0.117. The number of sulfonamides is 1. The number of anilines is 1. The fourth-order valence-corrected chi connectivity index (χ4v) is 5.59. The Labute approximate surface area is 151 Å². The van der Waals surface area contributed by atoms with Gasteiger partial charge in [0.15, 0.2) is 0 Å². The van der Waals surface area contributed by atoms with Crippen molar-refractivity contribution in [1.29, 1.82) is 0 Å². The molecular formula is C19H28N2O3S. The van der Waals surface area contributed by atoms with E-state index in [9.17, 15) is 13.2 Å². The molecule has 1 heterocycles. The topological polar surface area (TPSA) is 57.7 Å². The summed E-state index contributed by atoms with van der Waals surface area (Å²) < 4.78 is 27.7. The minimum absolute atomic E-state index is 0.0837. The summed E-state index contributed by atoms with van der Waals surface area (Å²) in [4.78, 5) is 14.0. The van der Waals surface area contributed by atoms with Crippen LogP contribution in [0.4, 0.5) is 5.69 Å². The first-order chi connectivity index (χ1) is 11.8. The highest BCUT2D eigenvalue weighted by Gasteiger charge is 2.32. The quantitative estimate of drug-likeness (QED) is 0.823. The molecule has 1 aliphatic carbocycles. The number of aryl methyl sites for hydroxylation is 1. The zero-order chi connectivity index (χ0) is 18.2. The van der Waals surface area contributed by atoms with Gasteiger partial charge in [-0.3, -0.25) is 4.79 Å². The molecule has 0 unspecified atom stereocenters. The van der Waals surface area contributed by atoms with Crippen LogP contribution < -0.4 is 4.90 Å². The van der Waals surface area contributed by atoms with Crippen LogP contribution in [0.3, 0.4) is 0 Å². The van der Waals surface area contributed by atoms with Crippen molar-refractivity contribution >= 4 is 21.6 Å². The van der Waals surface area contributed by atoms with Crippen molar-refractivity contribution in [2.24, 2.45) is 5.92 Å². The van der Waals surface area contributed by atoms with Gasteiger partial charge in [0.2, 0.25) is 15.9 Å². The summed E-state index contributed by atoms with van der Waals surface area (Å²) in [6.45, 7) is 4.76. The number of hydrogen-bond donors (Lipinski definition) is 0. The second-order valence-corrected chi connectivity index (χ2v) is 9.50. The maximum atomic E-state index is 13.1. The van der Waals surface area contributed by atoms with Gasteiger partial charge in [-0.2, -0.15) is 4.31 Å². The van der Waals surface area contributed by atoms with Crippen molar-refractivity contribution in [3.63, 3.8) is 0 Å². The van der Waals surface area contributed by atoms with Crippen molar-refractivity contribution in [1.82, 2.24) is 4.31 Å². The molecule has 6 heteroatoms. The lowest BCUT2D eigenvalue weighted by Gasteiger charge is -2.33. The lowest BCUT2D eigenvalue weighted by atomic mass is 9.87. The highest BCUT2D eigenvalue weighted by Crippen LogP contribution is 2.32. The van der Waals surface area contributed by atoms with Gasteiger partial charge in [0.05, 0.1) is 4.90 Å². The molecule has 138 valence electrons. The van der Waals surface area contributed by atoms with Crippen LogP contribution in [0.25, 0.3) is 0 Å². The fraction of sp³-hybridized carbons (Fsp3) is 0.632. The van der Waals surface area contributed by atoms with E-state index in [2.05, 4.69) is 6.92 Å². The fourth-order valence-electron chi connectivity index (χ4n) is 3.97. The van der Waals surface area contributed by atoms with E-state index in [1.165, 1.54) is 0 Å². The zero-order valence-electron chi connectivity index (χ0n) is 15.4. The average molecular weight is 365 g/mol. The van der Waals surface area contributed by atoms with E-state index in [0.717, 1.165) is 37.8 Å². The average Bonchev–Trinajstić information content (AvgIpc) is 3.00. The van der Waals surface area contributed by atoms with Gasteiger partial charge in [-0.15, -0.1) is 0 Å². The van der Waals surface area contributed by atoms with Crippen molar-refractivity contribution in [3.8, 4) is 0 Å². The van der Waals surface area contributed by atoms with Gasteiger partial charge < -0.3 is 4.90 Å². The van der Waals surface area contributed by atoms with E-state index in [1.54, 1.807) is 28.4 Å². The summed E-state index contributed by atoms with van der Waals surface area (Å²) >= 11 is 0. The predicted molar refractivity (Wildman–Crippen MR) is 99.1 cm³/mol. The third-order valence-corrected chi connectivity index (χ3v) is 7.77. The van der Waals surface area contributed by atoms with E-state index < -0.39 is 10.0 Å². The summed E-state index contributed by atoms with van der Waals surface area (Å²) in [5.74, 6) is 0.801. The number of carbonyl (C=O) groups excluding carboxylic acids is 1. The highest BCUT2D eigenvalue weighted by molar-refractivity contribution is 7.89. The Morgan fingerprint density at radius 3 is 2.40 bits per heavy atom. The van der Waals surface area contributed by atoms with Gasteiger partial charge >= 0.3 is 0 Å². The van der Waals surface area contributed by atoms with Crippen LogP contribution in [-0.4, -0.2) is 38.3 Å². The summed E-state index contributed by atoms with van der Waals surface area (Å²) in [5, 5.41) is 0. The van der Waals surface area contributed by atoms with Crippen molar-refractivity contribution in [2.45, 2.75) is 63.3 Å². The normalized spacial score (nSPS) is 25.0. The number of rotatable bonds is 4. The Balaban J connectivity index is 1.83. The minimum atomic E-state index is -3.51. The number of amides is 1. The second-order valence-electron chi connectivity index (χ2n) is 7.53. The Hall–Kier alpha value is -1.40. The molecule has 1 aromatic rings. The van der Waals surface area contributed by atoms with Crippen molar-refractivity contribution in [3.05, 3.63) is 23.8 Å². The number of carbonyl (C=O) groups is 1. The minimum Gasteiger partial charge on any atom is -0.312 e. The Morgan fingerprint density at radius 2 is 1.84 bits per heavy atom. The van der Waals surface area contributed by atoms with Crippen LogP contribution in [0.1, 0.15) is 51.0 Å². The molecule has 1 saturated carbocycles. The lowest BCUT2D eigenvalue weighted by Crippen LogP contribution is -2.39. The molecule has 1 saturated heterocycles. The second kappa shape index (κ2) is 7.08. The molecule has 2 fully saturated rings.